The van der Waals surface area contributed by atoms with Crippen LogP contribution in [0.2, 0.25) is 0 Å². The summed E-state index contributed by atoms with van der Waals surface area (Å²) in [5.74, 6) is -0.460. The highest BCUT2D eigenvalue weighted by molar-refractivity contribution is 6.04. The van der Waals surface area contributed by atoms with Crippen LogP contribution in [0.5, 0.6) is 0 Å². The zero-order valence-electron chi connectivity index (χ0n) is 17.3. The topological polar surface area (TPSA) is 112 Å². The van der Waals surface area contributed by atoms with E-state index in [2.05, 4.69) is 26.3 Å². The minimum Gasteiger partial charge on any atom is -0.348 e. The summed E-state index contributed by atoms with van der Waals surface area (Å²) in [5, 5.41) is 11.3. The van der Waals surface area contributed by atoms with E-state index in [4.69, 9.17) is 0 Å². The van der Waals surface area contributed by atoms with Gasteiger partial charge in [-0.2, -0.15) is 0 Å². The van der Waals surface area contributed by atoms with E-state index in [-0.39, 0.29) is 23.9 Å². The maximum atomic E-state index is 12.5. The minimum atomic E-state index is -0.236. The summed E-state index contributed by atoms with van der Waals surface area (Å²) in [7, 11) is 0. The molecule has 4 amide bonds. The number of anilines is 2. The van der Waals surface area contributed by atoms with Gasteiger partial charge in [-0.3, -0.25) is 14.6 Å². The minimum absolute atomic E-state index is 0.229. The highest BCUT2D eigenvalue weighted by Crippen LogP contribution is 2.19. The van der Waals surface area contributed by atoms with Crippen molar-refractivity contribution in [3.8, 4) is 0 Å². The average Bonchev–Trinajstić information content (AvgIpc) is 3.62. The van der Waals surface area contributed by atoms with E-state index in [1.807, 2.05) is 18.2 Å². The van der Waals surface area contributed by atoms with Crippen LogP contribution in [0.4, 0.5) is 16.2 Å². The monoisotopic (exact) mass is 429 g/mol. The van der Waals surface area contributed by atoms with Crippen LogP contribution in [0.1, 0.15) is 39.1 Å². The van der Waals surface area contributed by atoms with Crippen molar-refractivity contribution in [2.75, 3.05) is 10.6 Å². The summed E-state index contributed by atoms with van der Waals surface area (Å²) in [4.78, 5) is 40.4. The predicted octanol–water partition coefficient (Wildman–Crippen LogP) is 3.55. The molecule has 4 N–H and O–H groups in total. The normalized spacial score (nSPS) is 12.5. The molecule has 8 nitrogen and oxygen atoms in total. The van der Waals surface area contributed by atoms with E-state index in [0.29, 0.717) is 29.0 Å². The first-order valence-electron chi connectivity index (χ1n) is 10.3. The zero-order valence-corrected chi connectivity index (χ0v) is 17.3. The number of carbonyl (C=O) groups is 3. The van der Waals surface area contributed by atoms with E-state index in [9.17, 15) is 14.4 Å². The molecule has 162 valence electrons. The number of benzene rings is 2. The van der Waals surface area contributed by atoms with E-state index in [0.717, 1.165) is 18.4 Å². The fraction of sp³-hybridized carbons (Fsp3) is 0.167. The van der Waals surface area contributed by atoms with Gasteiger partial charge in [0.25, 0.3) is 11.8 Å². The first kappa shape index (κ1) is 21.0. The summed E-state index contributed by atoms with van der Waals surface area (Å²) < 4.78 is 0. The summed E-state index contributed by atoms with van der Waals surface area (Å²) in [6, 6.07) is 17.3. The van der Waals surface area contributed by atoms with Crippen molar-refractivity contribution in [1.82, 2.24) is 15.6 Å². The number of hydrogen-bond donors (Lipinski definition) is 4. The fourth-order valence-electron chi connectivity index (χ4n) is 3.04. The smallest absolute Gasteiger partial charge is 0.319 e. The van der Waals surface area contributed by atoms with Crippen LogP contribution >= 0.6 is 0 Å². The number of pyridine rings is 1. The number of urea groups is 1. The van der Waals surface area contributed by atoms with Gasteiger partial charge in [0.05, 0.1) is 0 Å². The van der Waals surface area contributed by atoms with Crippen LogP contribution in [0.15, 0.2) is 73.1 Å². The first-order valence-corrected chi connectivity index (χ1v) is 10.3. The summed E-state index contributed by atoms with van der Waals surface area (Å²) in [6.45, 7) is 0.307. The van der Waals surface area contributed by atoms with Crippen molar-refractivity contribution in [3.63, 3.8) is 0 Å². The molecule has 0 unspecified atom stereocenters. The Bertz CT molecular complexity index is 1110. The Hall–Kier alpha value is -4.20. The van der Waals surface area contributed by atoms with Gasteiger partial charge < -0.3 is 21.3 Å². The van der Waals surface area contributed by atoms with Gasteiger partial charge in [-0.25, -0.2) is 4.79 Å². The van der Waals surface area contributed by atoms with Crippen molar-refractivity contribution < 1.29 is 14.4 Å². The lowest BCUT2D eigenvalue weighted by molar-refractivity contribution is 0.0950. The molecule has 1 aliphatic carbocycles. The van der Waals surface area contributed by atoms with Crippen LogP contribution in [0.25, 0.3) is 0 Å². The lowest BCUT2D eigenvalue weighted by atomic mass is 10.1. The molecule has 32 heavy (non-hydrogen) atoms. The number of amides is 4. The van der Waals surface area contributed by atoms with E-state index < -0.39 is 0 Å². The number of hydrogen-bond acceptors (Lipinski definition) is 4. The lowest BCUT2D eigenvalue weighted by Crippen LogP contribution is -2.30. The van der Waals surface area contributed by atoms with Crippen LogP contribution in [-0.2, 0) is 6.54 Å². The molecule has 1 fully saturated rings. The van der Waals surface area contributed by atoms with Gasteiger partial charge in [0, 0.05) is 47.5 Å². The van der Waals surface area contributed by atoms with Gasteiger partial charge >= 0.3 is 6.03 Å². The largest absolute Gasteiger partial charge is 0.348 e. The molecule has 1 heterocycles. The van der Waals surface area contributed by atoms with Crippen LogP contribution < -0.4 is 21.3 Å². The summed E-state index contributed by atoms with van der Waals surface area (Å²) in [5.41, 5.74) is 3.11. The van der Waals surface area contributed by atoms with E-state index in [1.165, 1.54) is 0 Å². The third-order valence-electron chi connectivity index (χ3n) is 4.90. The molecule has 8 heteroatoms. The second-order valence-corrected chi connectivity index (χ2v) is 7.52. The van der Waals surface area contributed by atoms with E-state index >= 15 is 0 Å². The molecule has 0 bridgehead atoms. The van der Waals surface area contributed by atoms with Gasteiger partial charge in [-0.1, -0.05) is 12.1 Å². The van der Waals surface area contributed by atoms with Gasteiger partial charge in [0.2, 0.25) is 0 Å². The highest BCUT2D eigenvalue weighted by Gasteiger charge is 2.23. The van der Waals surface area contributed by atoms with Crippen molar-refractivity contribution in [1.29, 1.82) is 0 Å². The molecule has 0 saturated heterocycles. The molecular formula is C24H23N5O3. The predicted molar refractivity (Wildman–Crippen MR) is 121 cm³/mol. The summed E-state index contributed by atoms with van der Waals surface area (Å²) in [6.07, 6.45) is 5.16. The molecule has 0 atom stereocenters. The molecule has 4 rings (SSSR count). The van der Waals surface area contributed by atoms with Crippen LogP contribution in [0.3, 0.4) is 0 Å². The van der Waals surface area contributed by atoms with E-state index in [1.54, 1.807) is 54.9 Å². The molecule has 3 aromatic rings. The van der Waals surface area contributed by atoms with Crippen molar-refractivity contribution in [2.24, 2.45) is 0 Å². The second kappa shape index (κ2) is 9.74. The van der Waals surface area contributed by atoms with Crippen LogP contribution in [-0.4, -0.2) is 28.9 Å². The van der Waals surface area contributed by atoms with Crippen molar-refractivity contribution in [2.45, 2.75) is 25.4 Å². The molecule has 0 radical (unpaired) electrons. The third-order valence-corrected chi connectivity index (χ3v) is 4.90. The first-order chi connectivity index (χ1) is 15.6. The molecule has 1 aromatic heterocycles. The van der Waals surface area contributed by atoms with Gasteiger partial charge in [-0.05, 0) is 66.9 Å². The number of nitrogens with zero attached hydrogens (tertiary/aromatic N) is 1. The average molecular weight is 429 g/mol. The molecule has 0 aliphatic heterocycles. The maximum absolute atomic E-state index is 12.5. The Kier molecular flexibility index (Phi) is 6.41. The molecule has 0 spiro atoms. The van der Waals surface area contributed by atoms with Gasteiger partial charge in [0.15, 0.2) is 0 Å². The Labute approximate surface area is 185 Å². The van der Waals surface area contributed by atoms with Gasteiger partial charge in [-0.15, -0.1) is 0 Å². The third kappa shape index (κ3) is 5.91. The zero-order chi connectivity index (χ0) is 22.3. The van der Waals surface area contributed by atoms with Crippen LogP contribution in [0, 0.1) is 0 Å². The Morgan fingerprint density at radius 2 is 1.53 bits per heavy atom. The standard InChI is InChI=1S/C24H23N5O3/c30-22(17-4-6-19(7-5-17)28-24(32)29-20-8-9-20)26-15-16-2-1-3-21(14-16)27-23(31)18-10-12-25-13-11-18/h1-7,10-14,20H,8-9,15H2,(H,26,30)(H,27,31)(H2,28,29,32). The van der Waals surface area contributed by atoms with Gasteiger partial charge in [0.1, 0.15) is 0 Å². The highest BCUT2D eigenvalue weighted by atomic mass is 16.2. The lowest BCUT2D eigenvalue weighted by Gasteiger charge is -2.10. The Morgan fingerprint density at radius 1 is 0.812 bits per heavy atom. The molecule has 1 aliphatic rings. The number of rotatable bonds is 7. The molecule has 2 aromatic carbocycles. The van der Waals surface area contributed by atoms with Crippen molar-refractivity contribution in [3.05, 3.63) is 89.7 Å². The SMILES string of the molecule is O=C(Nc1ccc(C(=O)NCc2cccc(NC(=O)c3ccncc3)c2)cc1)NC1CC1. The summed E-state index contributed by atoms with van der Waals surface area (Å²) >= 11 is 0. The molecule has 1 saturated carbocycles. The number of nitrogens with one attached hydrogen (secondary N) is 4. The second-order valence-electron chi connectivity index (χ2n) is 7.52. The fourth-order valence-corrected chi connectivity index (χ4v) is 3.04. The number of carbonyl (C=O) groups excluding carboxylic acids is 3. The number of aromatic nitrogens is 1. The maximum Gasteiger partial charge on any atom is 0.319 e. The Morgan fingerprint density at radius 3 is 2.25 bits per heavy atom. The Balaban J connectivity index is 1.29. The molecular weight excluding hydrogens is 406 g/mol. The van der Waals surface area contributed by atoms with Crippen molar-refractivity contribution >= 4 is 29.2 Å². The quantitative estimate of drug-likeness (QED) is 0.460.